The Morgan fingerprint density at radius 1 is 1.21 bits per heavy atom. The molecule has 29 heavy (non-hydrogen) atoms. The highest BCUT2D eigenvalue weighted by Gasteiger charge is 2.09. The summed E-state index contributed by atoms with van der Waals surface area (Å²) in [5, 5.41) is 4.46. The first kappa shape index (κ1) is 20.9. The van der Waals surface area contributed by atoms with Gasteiger partial charge >= 0.3 is 0 Å². The van der Waals surface area contributed by atoms with Gasteiger partial charge in [-0.05, 0) is 51.3 Å². The molecule has 1 unspecified atom stereocenters. The van der Waals surface area contributed by atoms with Gasteiger partial charge in [0.15, 0.2) is 0 Å². The van der Waals surface area contributed by atoms with Crippen molar-refractivity contribution in [3.63, 3.8) is 0 Å². The Hall–Kier alpha value is -2.81. The van der Waals surface area contributed by atoms with E-state index in [4.69, 9.17) is 20.9 Å². The highest BCUT2D eigenvalue weighted by molar-refractivity contribution is 9.10. The lowest BCUT2D eigenvalue weighted by Gasteiger charge is -2.13. The number of nitrogens with zero attached hydrogens (tertiary/aromatic N) is 1. The van der Waals surface area contributed by atoms with E-state index in [-0.39, 0.29) is 12.7 Å². The van der Waals surface area contributed by atoms with E-state index in [9.17, 15) is 0 Å². The van der Waals surface area contributed by atoms with Gasteiger partial charge in [-0.1, -0.05) is 36.3 Å². The predicted molar refractivity (Wildman–Crippen MR) is 122 cm³/mol. The molecule has 0 saturated heterocycles. The molecule has 0 amide bonds. The number of terminal acetylenes is 1. The van der Waals surface area contributed by atoms with E-state index in [1.165, 1.54) is 0 Å². The molecule has 0 aliphatic carbocycles. The van der Waals surface area contributed by atoms with Gasteiger partial charge in [-0.3, -0.25) is 0 Å². The Balaban J connectivity index is 1.76. The number of benzene rings is 2. The molecule has 1 aromatic heterocycles. The molecule has 0 bridgehead atoms. The van der Waals surface area contributed by atoms with Gasteiger partial charge in [0.1, 0.15) is 18.2 Å². The summed E-state index contributed by atoms with van der Waals surface area (Å²) in [4.78, 5) is 4.80. The van der Waals surface area contributed by atoms with Crippen molar-refractivity contribution in [1.82, 2.24) is 4.98 Å². The third-order valence-electron chi connectivity index (χ3n) is 4.54. The molecule has 1 heterocycles. The van der Waals surface area contributed by atoms with Crippen LogP contribution in [0.25, 0.3) is 10.9 Å². The summed E-state index contributed by atoms with van der Waals surface area (Å²) in [5.74, 6) is 4.14. The van der Waals surface area contributed by atoms with Crippen molar-refractivity contribution in [3.8, 4) is 18.1 Å². The second-order valence-corrected chi connectivity index (χ2v) is 7.40. The van der Waals surface area contributed by atoms with Crippen molar-refractivity contribution in [2.75, 3.05) is 19.0 Å². The third kappa shape index (κ3) is 5.60. The highest BCUT2D eigenvalue weighted by atomic mass is 79.9. The Bertz CT molecular complexity index is 1030. The largest absolute Gasteiger partial charge is 0.497 e. The Labute approximate surface area is 180 Å². The molecule has 4 nitrogen and oxygen atoms in total. The van der Waals surface area contributed by atoms with Crippen LogP contribution in [-0.2, 0) is 17.7 Å². The quantitative estimate of drug-likeness (QED) is 0.351. The zero-order chi connectivity index (χ0) is 20.6. The minimum atomic E-state index is -0.119. The molecule has 0 aliphatic heterocycles. The number of rotatable bonds is 9. The molecule has 0 fully saturated rings. The fourth-order valence-corrected chi connectivity index (χ4v) is 3.44. The molecular formula is C24H23BrN2O2. The molecule has 1 N–H and O–H groups in total. The zero-order valence-electron chi connectivity index (χ0n) is 16.3. The SMILES string of the molecule is C#CCOC(C=C)Cc1ccc2cc(Br)c(NCc3ccc(OC)cc3)nc2c1. The Morgan fingerprint density at radius 2 is 1.97 bits per heavy atom. The summed E-state index contributed by atoms with van der Waals surface area (Å²) in [6.45, 7) is 4.77. The van der Waals surface area contributed by atoms with Crippen LogP contribution in [0.5, 0.6) is 5.75 Å². The average molecular weight is 451 g/mol. The van der Waals surface area contributed by atoms with Gasteiger partial charge in [0, 0.05) is 18.4 Å². The van der Waals surface area contributed by atoms with E-state index in [0.29, 0.717) is 13.0 Å². The zero-order valence-corrected chi connectivity index (χ0v) is 17.9. The van der Waals surface area contributed by atoms with Crippen LogP contribution >= 0.6 is 15.9 Å². The maximum absolute atomic E-state index is 5.60. The first-order valence-electron chi connectivity index (χ1n) is 9.26. The summed E-state index contributed by atoms with van der Waals surface area (Å²) in [6, 6.07) is 16.3. The average Bonchev–Trinajstić information content (AvgIpc) is 2.75. The normalized spacial score (nSPS) is 11.6. The number of ether oxygens (including phenoxy) is 2. The number of halogens is 1. The van der Waals surface area contributed by atoms with E-state index >= 15 is 0 Å². The van der Waals surface area contributed by atoms with Crippen LogP contribution in [0.2, 0.25) is 0 Å². The molecule has 0 aliphatic rings. The van der Waals surface area contributed by atoms with Crippen LogP contribution in [-0.4, -0.2) is 24.8 Å². The Kier molecular flexibility index (Phi) is 7.29. The van der Waals surface area contributed by atoms with Crippen LogP contribution < -0.4 is 10.1 Å². The van der Waals surface area contributed by atoms with Gasteiger partial charge in [0.2, 0.25) is 0 Å². The molecule has 5 heteroatoms. The number of methoxy groups -OCH3 is 1. The number of nitrogens with one attached hydrogen (secondary N) is 1. The summed E-state index contributed by atoms with van der Waals surface area (Å²) < 4.78 is 11.7. The van der Waals surface area contributed by atoms with Crippen LogP contribution in [0.1, 0.15) is 11.1 Å². The lowest BCUT2D eigenvalue weighted by molar-refractivity contribution is 0.114. The number of aromatic nitrogens is 1. The first-order chi connectivity index (χ1) is 14.1. The van der Waals surface area contributed by atoms with Crippen molar-refractivity contribution < 1.29 is 9.47 Å². The fraction of sp³-hybridized carbons (Fsp3) is 0.208. The summed E-state index contributed by atoms with van der Waals surface area (Å²) >= 11 is 3.62. The second-order valence-electron chi connectivity index (χ2n) is 6.54. The fourth-order valence-electron chi connectivity index (χ4n) is 2.96. The van der Waals surface area contributed by atoms with E-state index in [2.05, 4.69) is 58.0 Å². The van der Waals surface area contributed by atoms with Crippen LogP contribution in [0.3, 0.4) is 0 Å². The van der Waals surface area contributed by atoms with E-state index < -0.39 is 0 Å². The molecular weight excluding hydrogens is 428 g/mol. The highest BCUT2D eigenvalue weighted by Crippen LogP contribution is 2.27. The van der Waals surface area contributed by atoms with Crippen molar-refractivity contribution >= 4 is 32.7 Å². The molecule has 0 radical (unpaired) electrons. The summed E-state index contributed by atoms with van der Waals surface area (Å²) in [5.41, 5.74) is 3.19. The van der Waals surface area contributed by atoms with Crippen molar-refractivity contribution in [2.45, 2.75) is 19.1 Å². The lowest BCUT2D eigenvalue weighted by atomic mass is 10.1. The van der Waals surface area contributed by atoms with Gasteiger partial charge in [0.05, 0.1) is 23.2 Å². The standard InChI is InChI=1S/C24H23BrN2O2/c1-4-12-29-20(5-2)13-18-6-9-19-15-22(25)24(27-23(19)14-18)26-16-17-7-10-21(28-3)11-8-17/h1,5-11,14-15,20H,2,12-13,16H2,3H3,(H,26,27). The van der Waals surface area contributed by atoms with Crippen LogP contribution in [0.15, 0.2) is 65.7 Å². The lowest BCUT2D eigenvalue weighted by Crippen LogP contribution is -2.13. The van der Waals surface area contributed by atoms with Gasteiger partial charge in [0.25, 0.3) is 0 Å². The smallest absolute Gasteiger partial charge is 0.141 e. The van der Waals surface area contributed by atoms with Gasteiger partial charge < -0.3 is 14.8 Å². The topological polar surface area (TPSA) is 43.4 Å². The molecule has 3 aromatic rings. The van der Waals surface area contributed by atoms with Crippen LogP contribution in [0, 0.1) is 12.3 Å². The molecule has 1 atom stereocenters. The third-order valence-corrected chi connectivity index (χ3v) is 5.14. The number of fused-ring (bicyclic) bond motifs is 1. The van der Waals surface area contributed by atoms with Crippen molar-refractivity contribution in [3.05, 3.63) is 76.8 Å². The van der Waals surface area contributed by atoms with E-state index in [0.717, 1.165) is 38.1 Å². The Morgan fingerprint density at radius 3 is 2.66 bits per heavy atom. The second kappa shape index (κ2) is 10.1. The van der Waals surface area contributed by atoms with E-state index in [1.807, 2.05) is 24.3 Å². The number of hydrogen-bond donors (Lipinski definition) is 1. The minimum absolute atomic E-state index is 0.119. The van der Waals surface area contributed by atoms with Crippen LogP contribution in [0.4, 0.5) is 5.82 Å². The maximum Gasteiger partial charge on any atom is 0.141 e. The number of anilines is 1. The maximum atomic E-state index is 5.60. The van der Waals surface area contributed by atoms with Crippen molar-refractivity contribution in [2.24, 2.45) is 0 Å². The molecule has 0 saturated carbocycles. The first-order valence-corrected chi connectivity index (χ1v) is 10.1. The van der Waals surface area contributed by atoms with Crippen molar-refractivity contribution in [1.29, 1.82) is 0 Å². The predicted octanol–water partition coefficient (Wildman–Crippen LogP) is 5.36. The summed E-state index contributed by atoms with van der Waals surface area (Å²) in [7, 11) is 1.66. The number of pyridine rings is 1. The molecule has 148 valence electrons. The minimum Gasteiger partial charge on any atom is -0.497 e. The molecule has 3 rings (SSSR count). The van der Waals surface area contributed by atoms with Gasteiger partial charge in [-0.2, -0.15) is 0 Å². The monoisotopic (exact) mass is 450 g/mol. The van der Waals surface area contributed by atoms with Gasteiger partial charge in [-0.15, -0.1) is 13.0 Å². The van der Waals surface area contributed by atoms with E-state index in [1.54, 1.807) is 13.2 Å². The summed E-state index contributed by atoms with van der Waals surface area (Å²) in [6.07, 6.45) is 7.64. The molecule has 0 spiro atoms. The van der Waals surface area contributed by atoms with Gasteiger partial charge in [-0.25, -0.2) is 4.98 Å². The molecule has 2 aromatic carbocycles. The number of hydrogen-bond acceptors (Lipinski definition) is 4.